The van der Waals surface area contributed by atoms with Gasteiger partial charge in [-0.1, -0.05) is 18.3 Å². The van der Waals surface area contributed by atoms with Crippen molar-refractivity contribution in [3.63, 3.8) is 0 Å². The Labute approximate surface area is 111 Å². The molecule has 0 atom stereocenters. The second-order valence-corrected chi connectivity index (χ2v) is 4.37. The van der Waals surface area contributed by atoms with Crippen LogP contribution in [0.1, 0.15) is 29.6 Å². The molecule has 5 N–H and O–H groups in total. The van der Waals surface area contributed by atoms with Crippen molar-refractivity contribution in [1.82, 2.24) is 5.32 Å². The number of unbranched alkanes of at least 4 members (excludes halogenated alkanes) is 1. The quantitative estimate of drug-likeness (QED) is 0.460. The minimum atomic E-state index is -0.499. The average molecular weight is 268 g/mol. The molecule has 1 aromatic rings. The number of benzene rings is 1. The molecule has 0 aliphatic heterocycles. The number of carbonyl (C=O) groups excluding carboxylic acids is 1. The summed E-state index contributed by atoms with van der Waals surface area (Å²) in [6, 6.07) is 4.16. The molecule has 1 amide bonds. The van der Waals surface area contributed by atoms with Crippen molar-refractivity contribution in [2.45, 2.75) is 19.3 Å². The van der Waals surface area contributed by atoms with Crippen LogP contribution in [0.15, 0.2) is 18.2 Å². The summed E-state index contributed by atoms with van der Waals surface area (Å²) < 4.78 is 0. The molecule has 0 aliphatic rings. The molecule has 0 fully saturated rings. The molecular formula is C12H16N2O3S. The van der Waals surface area contributed by atoms with Crippen LogP contribution in [0.25, 0.3) is 0 Å². The fourth-order valence-electron chi connectivity index (χ4n) is 1.48. The van der Waals surface area contributed by atoms with Crippen molar-refractivity contribution in [3.8, 4) is 11.5 Å². The summed E-state index contributed by atoms with van der Waals surface area (Å²) in [4.78, 5) is 12.2. The normalized spacial score (nSPS) is 10.0. The predicted molar refractivity (Wildman–Crippen MR) is 72.7 cm³/mol. The SMILES string of the molecule is NC(=S)CCCCNC(=O)c1c(O)cccc1O. The van der Waals surface area contributed by atoms with E-state index in [1.807, 2.05) is 0 Å². The number of carbonyl (C=O) groups is 1. The van der Waals surface area contributed by atoms with Gasteiger partial charge in [0.05, 0.1) is 4.99 Å². The van der Waals surface area contributed by atoms with Crippen molar-refractivity contribution in [3.05, 3.63) is 23.8 Å². The Kier molecular flexibility index (Phi) is 5.38. The first-order chi connectivity index (χ1) is 8.52. The number of amides is 1. The van der Waals surface area contributed by atoms with Crippen LogP contribution in [0.2, 0.25) is 0 Å². The number of thiocarbonyl (C=S) groups is 1. The third kappa shape index (κ3) is 4.21. The molecule has 0 bridgehead atoms. The van der Waals surface area contributed by atoms with E-state index in [1.54, 1.807) is 0 Å². The van der Waals surface area contributed by atoms with Gasteiger partial charge in [0, 0.05) is 6.54 Å². The van der Waals surface area contributed by atoms with Gasteiger partial charge in [0.2, 0.25) is 0 Å². The monoisotopic (exact) mass is 268 g/mol. The fraction of sp³-hybridized carbons (Fsp3) is 0.333. The van der Waals surface area contributed by atoms with Crippen LogP contribution < -0.4 is 11.1 Å². The first-order valence-corrected chi connectivity index (χ1v) is 6.00. The van der Waals surface area contributed by atoms with Crippen molar-refractivity contribution >= 4 is 23.1 Å². The van der Waals surface area contributed by atoms with Crippen molar-refractivity contribution in [1.29, 1.82) is 0 Å². The van der Waals surface area contributed by atoms with Gasteiger partial charge in [-0.15, -0.1) is 0 Å². The molecule has 0 aliphatic carbocycles. The molecular weight excluding hydrogens is 252 g/mol. The van der Waals surface area contributed by atoms with E-state index in [4.69, 9.17) is 18.0 Å². The number of hydrogen-bond donors (Lipinski definition) is 4. The van der Waals surface area contributed by atoms with Gasteiger partial charge in [-0.3, -0.25) is 4.79 Å². The Morgan fingerprint density at radius 1 is 1.28 bits per heavy atom. The van der Waals surface area contributed by atoms with Gasteiger partial charge < -0.3 is 21.3 Å². The van der Waals surface area contributed by atoms with E-state index in [2.05, 4.69) is 5.32 Å². The second-order valence-electron chi connectivity index (χ2n) is 3.85. The molecule has 0 spiro atoms. The first-order valence-electron chi connectivity index (χ1n) is 5.60. The van der Waals surface area contributed by atoms with Crippen molar-refractivity contribution in [2.24, 2.45) is 5.73 Å². The zero-order chi connectivity index (χ0) is 13.5. The maximum atomic E-state index is 11.7. The lowest BCUT2D eigenvalue weighted by molar-refractivity contribution is 0.0947. The van der Waals surface area contributed by atoms with Crippen LogP contribution in [0.5, 0.6) is 11.5 Å². The third-order valence-corrected chi connectivity index (χ3v) is 2.59. The van der Waals surface area contributed by atoms with E-state index < -0.39 is 5.91 Å². The summed E-state index contributed by atoms with van der Waals surface area (Å²) in [6.07, 6.45) is 2.17. The van der Waals surface area contributed by atoms with Crippen LogP contribution in [-0.4, -0.2) is 27.7 Å². The molecule has 0 saturated carbocycles. The average Bonchev–Trinajstić information content (AvgIpc) is 2.27. The Hall–Kier alpha value is -1.82. The molecule has 0 aromatic heterocycles. The molecule has 98 valence electrons. The molecule has 6 heteroatoms. The van der Waals surface area contributed by atoms with Crippen molar-refractivity contribution in [2.75, 3.05) is 6.54 Å². The summed E-state index contributed by atoms with van der Waals surface area (Å²) in [7, 11) is 0. The van der Waals surface area contributed by atoms with Gasteiger partial charge in [-0.05, 0) is 31.4 Å². The van der Waals surface area contributed by atoms with Gasteiger partial charge in [-0.2, -0.15) is 0 Å². The standard InChI is InChI=1S/C12H16N2O3S/c13-10(18)6-1-2-7-14-12(17)11-8(15)4-3-5-9(11)16/h3-5,15-16H,1-2,6-7H2,(H2,13,18)(H,14,17). The van der Waals surface area contributed by atoms with Gasteiger partial charge >= 0.3 is 0 Å². The highest BCUT2D eigenvalue weighted by molar-refractivity contribution is 7.80. The molecule has 0 unspecified atom stereocenters. The van der Waals surface area contributed by atoms with Crippen LogP contribution >= 0.6 is 12.2 Å². The predicted octanol–water partition coefficient (Wildman–Crippen LogP) is 1.28. The Morgan fingerprint density at radius 2 is 1.89 bits per heavy atom. The lowest BCUT2D eigenvalue weighted by Crippen LogP contribution is -2.24. The van der Waals surface area contributed by atoms with Crippen LogP contribution in [-0.2, 0) is 0 Å². The lowest BCUT2D eigenvalue weighted by Gasteiger charge is -2.08. The van der Waals surface area contributed by atoms with Gasteiger partial charge in [0.1, 0.15) is 17.1 Å². The Balaban J connectivity index is 2.44. The van der Waals surface area contributed by atoms with Crippen LogP contribution in [0.3, 0.4) is 0 Å². The number of nitrogens with two attached hydrogens (primary N) is 1. The smallest absolute Gasteiger partial charge is 0.258 e. The highest BCUT2D eigenvalue weighted by Gasteiger charge is 2.14. The highest BCUT2D eigenvalue weighted by Crippen LogP contribution is 2.25. The molecule has 5 nitrogen and oxygen atoms in total. The van der Waals surface area contributed by atoms with E-state index in [9.17, 15) is 15.0 Å². The molecule has 1 aromatic carbocycles. The summed E-state index contributed by atoms with van der Waals surface area (Å²) in [6.45, 7) is 0.440. The summed E-state index contributed by atoms with van der Waals surface area (Å²) in [5.41, 5.74) is 5.24. The van der Waals surface area contributed by atoms with Crippen LogP contribution in [0.4, 0.5) is 0 Å². The van der Waals surface area contributed by atoms with Gasteiger partial charge in [0.15, 0.2) is 0 Å². The van der Waals surface area contributed by atoms with Gasteiger partial charge in [-0.25, -0.2) is 0 Å². The largest absolute Gasteiger partial charge is 0.507 e. The zero-order valence-corrected chi connectivity index (χ0v) is 10.7. The molecule has 0 radical (unpaired) electrons. The Bertz CT molecular complexity index is 429. The number of nitrogens with one attached hydrogen (secondary N) is 1. The van der Waals surface area contributed by atoms with Crippen molar-refractivity contribution < 1.29 is 15.0 Å². The minimum absolute atomic E-state index is 0.105. The van der Waals surface area contributed by atoms with E-state index in [-0.39, 0.29) is 17.1 Å². The number of rotatable bonds is 6. The third-order valence-electron chi connectivity index (χ3n) is 2.38. The van der Waals surface area contributed by atoms with E-state index in [0.29, 0.717) is 18.0 Å². The zero-order valence-electron chi connectivity index (χ0n) is 9.85. The minimum Gasteiger partial charge on any atom is -0.507 e. The molecule has 0 heterocycles. The maximum absolute atomic E-state index is 11.7. The van der Waals surface area contributed by atoms with E-state index >= 15 is 0 Å². The number of hydrogen-bond acceptors (Lipinski definition) is 4. The maximum Gasteiger partial charge on any atom is 0.258 e. The second kappa shape index (κ2) is 6.80. The summed E-state index contributed by atoms with van der Waals surface area (Å²) in [5, 5.41) is 21.6. The summed E-state index contributed by atoms with van der Waals surface area (Å²) >= 11 is 4.73. The number of aromatic hydroxyl groups is 2. The highest BCUT2D eigenvalue weighted by atomic mass is 32.1. The van der Waals surface area contributed by atoms with Gasteiger partial charge in [0.25, 0.3) is 5.91 Å². The topological polar surface area (TPSA) is 95.6 Å². The Morgan fingerprint density at radius 3 is 2.44 bits per heavy atom. The lowest BCUT2D eigenvalue weighted by atomic mass is 10.1. The molecule has 1 rings (SSSR count). The first kappa shape index (κ1) is 14.2. The number of phenolic OH excluding ortho intramolecular Hbond substituents is 2. The van der Waals surface area contributed by atoms with Crippen LogP contribution in [0, 0.1) is 0 Å². The molecule has 18 heavy (non-hydrogen) atoms. The fourth-order valence-corrected chi connectivity index (χ4v) is 1.62. The number of phenols is 2. The summed E-state index contributed by atoms with van der Waals surface area (Å²) in [5.74, 6) is -0.979. The van der Waals surface area contributed by atoms with E-state index in [0.717, 1.165) is 12.8 Å². The van der Waals surface area contributed by atoms with E-state index in [1.165, 1.54) is 18.2 Å². The molecule has 0 saturated heterocycles.